The maximum atomic E-state index is 13.2. The Morgan fingerprint density at radius 3 is 2.49 bits per heavy atom. The minimum atomic E-state index is -3.73. The average Bonchev–Trinajstić information content (AvgIpc) is 2.93. The molecule has 0 bridgehead atoms. The molecule has 0 unspecified atom stereocenters. The topological polar surface area (TPSA) is 82.2 Å². The summed E-state index contributed by atoms with van der Waals surface area (Å²) in [6.07, 6.45) is 5.49. The number of hydrogen-bond acceptors (Lipinski definition) is 6. The Morgan fingerprint density at radius 1 is 0.946 bits per heavy atom. The van der Waals surface area contributed by atoms with Gasteiger partial charge in [0.25, 0.3) is 5.91 Å². The van der Waals surface area contributed by atoms with E-state index >= 15 is 0 Å². The highest BCUT2D eigenvalue weighted by Crippen LogP contribution is 2.26. The number of nitrogens with one attached hydrogen (secondary N) is 1. The molecule has 1 amide bonds. The zero-order valence-corrected chi connectivity index (χ0v) is 22.7. The summed E-state index contributed by atoms with van der Waals surface area (Å²) in [5.41, 5.74) is 2.82. The van der Waals surface area contributed by atoms with Crippen LogP contribution in [0.2, 0.25) is 0 Å². The van der Waals surface area contributed by atoms with Crippen molar-refractivity contribution in [2.45, 2.75) is 43.5 Å². The number of hydrogen-bond donors (Lipinski definition) is 1. The number of piperidine rings is 1. The van der Waals surface area contributed by atoms with Crippen molar-refractivity contribution in [3.05, 3.63) is 59.7 Å². The standard InChI is InChI=1S/C28H40N4O4S/c1-30(20-21-31-16-7-2-8-17-31)37(34,35)27-13-6-5-12-26(27)36-23-28(33)29-15-9-18-32-19-14-24-10-3-4-11-25(24)22-32/h3-6,10-13H,2,7-9,14-23H2,1H3,(H,29,33). The Hall–Kier alpha value is -2.46. The van der Waals surface area contributed by atoms with E-state index in [-0.39, 0.29) is 23.2 Å². The van der Waals surface area contributed by atoms with E-state index in [1.807, 2.05) is 0 Å². The number of para-hydroxylation sites is 1. The van der Waals surface area contributed by atoms with Crippen LogP contribution < -0.4 is 10.1 Å². The fourth-order valence-electron chi connectivity index (χ4n) is 5.01. The van der Waals surface area contributed by atoms with E-state index in [1.165, 1.54) is 40.8 Å². The van der Waals surface area contributed by atoms with Gasteiger partial charge in [0.1, 0.15) is 10.6 Å². The fraction of sp³-hybridized carbons (Fsp3) is 0.536. The summed E-state index contributed by atoms with van der Waals surface area (Å²) in [6, 6.07) is 15.1. The van der Waals surface area contributed by atoms with E-state index in [0.717, 1.165) is 45.6 Å². The largest absolute Gasteiger partial charge is 0.482 e. The molecule has 0 aromatic heterocycles. The lowest BCUT2D eigenvalue weighted by molar-refractivity contribution is -0.123. The monoisotopic (exact) mass is 528 g/mol. The smallest absolute Gasteiger partial charge is 0.257 e. The molecule has 0 spiro atoms. The van der Waals surface area contributed by atoms with Gasteiger partial charge in [-0.15, -0.1) is 0 Å². The predicted molar refractivity (Wildman–Crippen MR) is 145 cm³/mol. The van der Waals surface area contributed by atoms with Gasteiger partial charge < -0.3 is 15.0 Å². The molecule has 9 heteroatoms. The number of carbonyl (C=O) groups is 1. The first-order chi connectivity index (χ1) is 17.9. The van der Waals surface area contributed by atoms with Crippen LogP contribution in [-0.2, 0) is 27.8 Å². The number of likely N-dealkylation sites (N-methyl/N-ethyl adjacent to an activating group) is 1. The molecule has 1 fully saturated rings. The Morgan fingerprint density at radius 2 is 1.68 bits per heavy atom. The molecule has 2 heterocycles. The van der Waals surface area contributed by atoms with Gasteiger partial charge in [0, 0.05) is 46.3 Å². The van der Waals surface area contributed by atoms with Gasteiger partial charge in [-0.25, -0.2) is 8.42 Å². The molecule has 2 aromatic carbocycles. The van der Waals surface area contributed by atoms with Crippen LogP contribution in [-0.4, -0.2) is 87.9 Å². The van der Waals surface area contributed by atoms with Crippen LogP contribution >= 0.6 is 0 Å². The van der Waals surface area contributed by atoms with Gasteiger partial charge in [0.2, 0.25) is 10.0 Å². The second kappa shape index (κ2) is 13.4. The highest BCUT2D eigenvalue weighted by molar-refractivity contribution is 7.89. The molecule has 4 rings (SSSR count). The first kappa shape index (κ1) is 27.6. The Bertz CT molecular complexity index is 1130. The minimum Gasteiger partial charge on any atom is -0.482 e. The number of nitrogens with zero attached hydrogens (tertiary/aromatic N) is 3. The Labute approximate surface area is 221 Å². The molecule has 202 valence electrons. The molecule has 1 N–H and O–H groups in total. The Balaban J connectivity index is 1.20. The van der Waals surface area contributed by atoms with E-state index in [1.54, 1.807) is 25.2 Å². The van der Waals surface area contributed by atoms with Crippen LogP contribution in [0.4, 0.5) is 0 Å². The van der Waals surface area contributed by atoms with Crippen molar-refractivity contribution in [2.24, 2.45) is 0 Å². The first-order valence-electron chi connectivity index (χ1n) is 13.4. The van der Waals surface area contributed by atoms with E-state index < -0.39 is 10.0 Å². The van der Waals surface area contributed by atoms with Crippen molar-refractivity contribution in [1.82, 2.24) is 19.4 Å². The molecule has 1 saturated heterocycles. The summed E-state index contributed by atoms with van der Waals surface area (Å²) in [7, 11) is -2.13. The van der Waals surface area contributed by atoms with Crippen LogP contribution in [0, 0.1) is 0 Å². The summed E-state index contributed by atoms with van der Waals surface area (Å²) in [6.45, 7) is 6.41. The molecule has 0 radical (unpaired) electrons. The highest BCUT2D eigenvalue weighted by atomic mass is 32.2. The number of benzene rings is 2. The molecule has 2 aromatic rings. The molecule has 0 aliphatic carbocycles. The zero-order valence-electron chi connectivity index (χ0n) is 21.9. The Kier molecular flexibility index (Phi) is 9.96. The van der Waals surface area contributed by atoms with E-state index in [2.05, 4.69) is 39.4 Å². The lowest BCUT2D eigenvalue weighted by Crippen LogP contribution is -2.38. The lowest BCUT2D eigenvalue weighted by Gasteiger charge is -2.28. The highest BCUT2D eigenvalue weighted by Gasteiger charge is 2.25. The SMILES string of the molecule is CN(CCN1CCCCC1)S(=O)(=O)c1ccccc1OCC(=O)NCCCN1CCc2ccccc2C1. The van der Waals surface area contributed by atoms with Crippen molar-refractivity contribution >= 4 is 15.9 Å². The molecule has 0 saturated carbocycles. The van der Waals surface area contributed by atoms with Crippen molar-refractivity contribution in [1.29, 1.82) is 0 Å². The molecule has 37 heavy (non-hydrogen) atoms. The maximum absolute atomic E-state index is 13.2. The van der Waals surface area contributed by atoms with E-state index in [0.29, 0.717) is 19.6 Å². The molecule has 8 nitrogen and oxygen atoms in total. The number of sulfonamides is 1. The van der Waals surface area contributed by atoms with Gasteiger partial charge in [-0.1, -0.05) is 42.8 Å². The molecule has 2 aliphatic heterocycles. The van der Waals surface area contributed by atoms with Gasteiger partial charge in [-0.3, -0.25) is 9.69 Å². The van der Waals surface area contributed by atoms with Crippen LogP contribution in [0.5, 0.6) is 5.75 Å². The third-order valence-corrected chi connectivity index (χ3v) is 9.16. The lowest BCUT2D eigenvalue weighted by atomic mass is 10.00. The van der Waals surface area contributed by atoms with Gasteiger partial charge >= 0.3 is 0 Å². The predicted octanol–water partition coefficient (Wildman–Crippen LogP) is 2.74. The second-order valence-corrected chi connectivity index (χ2v) is 12.0. The second-order valence-electron chi connectivity index (χ2n) is 9.96. The van der Waals surface area contributed by atoms with Gasteiger partial charge in [0.15, 0.2) is 6.61 Å². The van der Waals surface area contributed by atoms with Crippen LogP contribution in [0.1, 0.15) is 36.8 Å². The zero-order chi connectivity index (χ0) is 26.1. The van der Waals surface area contributed by atoms with Crippen molar-refractivity contribution in [3.8, 4) is 5.75 Å². The molecule has 0 atom stereocenters. The summed E-state index contributed by atoms with van der Waals surface area (Å²) >= 11 is 0. The van der Waals surface area contributed by atoms with Crippen molar-refractivity contribution in [2.75, 3.05) is 59.5 Å². The molecule has 2 aliphatic rings. The number of ether oxygens (including phenoxy) is 1. The third kappa shape index (κ3) is 7.77. The number of fused-ring (bicyclic) bond motifs is 1. The molecular formula is C28H40N4O4S. The summed E-state index contributed by atoms with van der Waals surface area (Å²) in [5.74, 6) is -0.0518. The van der Waals surface area contributed by atoms with Crippen LogP contribution in [0.25, 0.3) is 0 Å². The minimum absolute atomic E-state index is 0.0920. The third-order valence-electron chi connectivity index (χ3n) is 7.26. The van der Waals surface area contributed by atoms with Crippen molar-refractivity contribution < 1.29 is 17.9 Å². The maximum Gasteiger partial charge on any atom is 0.257 e. The van der Waals surface area contributed by atoms with Gasteiger partial charge in [-0.2, -0.15) is 4.31 Å². The van der Waals surface area contributed by atoms with Crippen LogP contribution in [0.3, 0.4) is 0 Å². The van der Waals surface area contributed by atoms with Gasteiger partial charge in [-0.05, 0) is 62.0 Å². The summed E-state index contributed by atoms with van der Waals surface area (Å²) in [5, 5.41) is 2.89. The normalized spacial score (nSPS) is 16.9. The summed E-state index contributed by atoms with van der Waals surface area (Å²) in [4.78, 5) is 17.2. The van der Waals surface area contributed by atoms with E-state index in [4.69, 9.17) is 4.74 Å². The summed E-state index contributed by atoms with van der Waals surface area (Å²) < 4.78 is 33.5. The fourth-order valence-corrected chi connectivity index (χ4v) is 6.30. The van der Waals surface area contributed by atoms with Gasteiger partial charge in [0.05, 0.1) is 0 Å². The van der Waals surface area contributed by atoms with E-state index in [9.17, 15) is 13.2 Å². The number of rotatable bonds is 12. The number of likely N-dealkylation sites (tertiary alicyclic amines) is 1. The van der Waals surface area contributed by atoms with Crippen molar-refractivity contribution in [3.63, 3.8) is 0 Å². The number of carbonyl (C=O) groups excluding carboxylic acids is 1. The quantitative estimate of drug-likeness (QED) is 0.427. The first-order valence-corrected chi connectivity index (χ1v) is 14.8. The average molecular weight is 529 g/mol. The number of amides is 1. The van der Waals surface area contributed by atoms with Crippen LogP contribution in [0.15, 0.2) is 53.4 Å². The molecular weight excluding hydrogens is 488 g/mol.